The summed E-state index contributed by atoms with van der Waals surface area (Å²) in [5.74, 6) is 0.827. The summed E-state index contributed by atoms with van der Waals surface area (Å²) >= 11 is 0. The molecule has 76 valence electrons. The lowest BCUT2D eigenvalue weighted by atomic mass is 10.0. The highest BCUT2D eigenvalue weighted by atomic mass is 16.5. The molecule has 0 aromatic carbocycles. The normalized spacial score (nSPS) is 22.1. The molecule has 0 aromatic rings. The average Bonchev–Trinajstić information content (AvgIpc) is 2.37. The van der Waals surface area contributed by atoms with Gasteiger partial charge in [-0.05, 0) is 6.42 Å². The van der Waals surface area contributed by atoms with Gasteiger partial charge in [0.1, 0.15) is 12.4 Å². The number of hydrogen-bond acceptors (Lipinski definition) is 3. The van der Waals surface area contributed by atoms with Gasteiger partial charge in [0.25, 0.3) is 0 Å². The number of ether oxygens (including phenoxy) is 2. The Hall–Kier alpha value is -1.29. The maximum atomic E-state index is 11.2. The summed E-state index contributed by atoms with van der Waals surface area (Å²) in [4.78, 5) is 11.2. The maximum absolute atomic E-state index is 11.2. The Morgan fingerprint density at radius 3 is 3.14 bits per heavy atom. The fourth-order valence-corrected chi connectivity index (χ4v) is 1.71. The van der Waals surface area contributed by atoms with Crippen molar-refractivity contribution in [2.45, 2.75) is 12.8 Å². The van der Waals surface area contributed by atoms with Gasteiger partial charge in [-0.3, -0.25) is 4.79 Å². The summed E-state index contributed by atoms with van der Waals surface area (Å²) in [6, 6.07) is 0. The van der Waals surface area contributed by atoms with Crippen molar-refractivity contribution in [2.75, 3.05) is 20.3 Å². The smallest absolute Gasteiger partial charge is 0.250 e. The number of hydrogen-bond donors (Lipinski definition) is 1. The highest BCUT2D eigenvalue weighted by Gasteiger charge is 2.21. The Labute approximate surface area is 82.6 Å². The molecular formula is C10H13NO3. The minimum Gasteiger partial charge on any atom is -0.501 e. The van der Waals surface area contributed by atoms with E-state index in [1.54, 1.807) is 7.11 Å². The van der Waals surface area contributed by atoms with Crippen LogP contribution in [0.15, 0.2) is 23.1 Å². The first-order valence-electron chi connectivity index (χ1n) is 4.65. The van der Waals surface area contributed by atoms with E-state index in [-0.39, 0.29) is 12.5 Å². The molecule has 0 atom stereocenters. The van der Waals surface area contributed by atoms with E-state index in [0.29, 0.717) is 6.61 Å². The SMILES string of the molecule is COC1=C2COCC(=O)NC2=CCC1. The monoisotopic (exact) mass is 195 g/mol. The van der Waals surface area contributed by atoms with Crippen LogP contribution in [0.4, 0.5) is 0 Å². The summed E-state index contributed by atoms with van der Waals surface area (Å²) in [7, 11) is 1.65. The van der Waals surface area contributed by atoms with Crippen molar-refractivity contribution in [3.8, 4) is 0 Å². The van der Waals surface area contributed by atoms with E-state index in [2.05, 4.69) is 5.32 Å². The molecule has 0 bridgehead atoms. The van der Waals surface area contributed by atoms with Crippen LogP contribution in [-0.2, 0) is 14.3 Å². The van der Waals surface area contributed by atoms with Gasteiger partial charge in [-0.1, -0.05) is 6.08 Å². The largest absolute Gasteiger partial charge is 0.501 e. The summed E-state index contributed by atoms with van der Waals surface area (Å²) in [5.41, 5.74) is 1.83. The summed E-state index contributed by atoms with van der Waals surface area (Å²) in [5, 5.41) is 2.80. The second-order valence-corrected chi connectivity index (χ2v) is 3.30. The van der Waals surface area contributed by atoms with Crippen LogP contribution in [0.2, 0.25) is 0 Å². The number of carbonyl (C=O) groups is 1. The molecule has 2 aliphatic rings. The van der Waals surface area contributed by atoms with E-state index in [1.807, 2.05) is 6.08 Å². The van der Waals surface area contributed by atoms with Crippen LogP contribution in [0.3, 0.4) is 0 Å². The van der Waals surface area contributed by atoms with Crippen molar-refractivity contribution >= 4 is 5.91 Å². The van der Waals surface area contributed by atoms with Gasteiger partial charge in [0.15, 0.2) is 0 Å². The number of amides is 1. The minimum atomic E-state index is -0.0939. The third-order valence-electron chi connectivity index (χ3n) is 2.38. The Bertz CT molecular complexity index is 317. The Morgan fingerprint density at radius 2 is 2.36 bits per heavy atom. The molecule has 1 N–H and O–H groups in total. The highest BCUT2D eigenvalue weighted by Crippen LogP contribution is 2.25. The molecule has 2 rings (SSSR count). The van der Waals surface area contributed by atoms with Gasteiger partial charge in [0.2, 0.25) is 5.91 Å². The zero-order chi connectivity index (χ0) is 9.97. The van der Waals surface area contributed by atoms with E-state index in [4.69, 9.17) is 9.47 Å². The second kappa shape index (κ2) is 3.84. The van der Waals surface area contributed by atoms with Crippen LogP contribution in [0, 0.1) is 0 Å². The van der Waals surface area contributed by atoms with E-state index < -0.39 is 0 Å². The fourth-order valence-electron chi connectivity index (χ4n) is 1.71. The second-order valence-electron chi connectivity index (χ2n) is 3.30. The zero-order valence-corrected chi connectivity index (χ0v) is 8.13. The van der Waals surface area contributed by atoms with Gasteiger partial charge >= 0.3 is 0 Å². The maximum Gasteiger partial charge on any atom is 0.250 e. The van der Waals surface area contributed by atoms with Crippen molar-refractivity contribution in [1.29, 1.82) is 0 Å². The van der Waals surface area contributed by atoms with Gasteiger partial charge < -0.3 is 14.8 Å². The number of rotatable bonds is 1. The van der Waals surface area contributed by atoms with Crippen LogP contribution in [0.1, 0.15) is 12.8 Å². The average molecular weight is 195 g/mol. The molecule has 0 saturated carbocycles. The molecule has 1 aliphatic heterocycles. The molecule has 1 aliphatic carbocycles. The molecule has 0 aromatic heterocycles. The first-order chi connectivity index (χ1) is 6.81. The van der Waals surface area contributed by atoms with E-state index in [1.165, 1.54) is 0 Å². The Kier molecular flexibility index (Phi) is 2.54. The van der Waals surface area contributed by atoms with Crippen molar-refractivity contribution in [3.63, 3.8) is 0 Å². The summed E-state index contributed by atoms with van der Waals surface area (Å²) in [6.07, 6.45) is 3.81. The highest BCUT2D eigenvalue weighted by molar-refractivity contribution is 5.80. The van der Waals surface area contributed by atoms with E-state index in [9.17, 15) is 4.79 Å². The number of fused-ring (bicyclic) bond motifs is 1. The molecule has 4 nitrogen and oxygen atoms in total. The molecule has 0 radical (unpaired) electrons. The number of carbonyl (C=O) groups excluding carboxylic acids is 1. The molecule has 14 heavy (non-hydrogen) atoms. The third kappa shape index (κ3) is 1.65. The van der Waals surface area contributed by atoms with Gasteiger partial charge in [-0.2, -0.15) is 0 Å². The number of methoxy groups -OCH3 is 1. The predicted octanol–water partition coefficient (Wildman–Crippen LogP) is 0.711. The van der Waals surface area contributed by atoms with Crippen molar-refractivity contribution in [3.05, 3.63) is 23.1 Å². The Morgan fingerprint density at radius 1 is 1.50 bits per heavy atom. The third-order valence-corrected chi connectivity index (χ3v) is 2.38. The molecule has 1 saturated heterocycles. The van der Waals surface area contributed by atoms with Crippen LogP contribution in [-0.4, -0.2) is 26.2 Å². The zero-order valence-electron chi connectivity index (χ0n) is 8.13. The lowest BCUT2D eigenvalue weighted by Gasteiger charge is -2.18. The molecule has 0 unspecified atom stereocenters. The van der Waals surface area contributed by atoms with E-state index >= 15 is 0 Å². The first kappa shape index (κ1) is 9.27. The molecule has 1 fully saturated rings. The summed E-state index contributed by atoms with van der Waals surface area (Å²) in [6.45, 7) is 0.575. The standard InChI is InChI=1S/C10H13NO3/c1-13-9-4-2-3-8-7(9)5-14-6-10(12)11-8/h3H,2,4-6H2,1H3,(H,11,12). The molecule has 1 heterocycles. The van der Waals surface area contributed by atoms with Crippen LogP contribution >= 0.6 is 0 Å². The van der Waals surface area contributed by atoms with Crippen LogP contribution < -0.4 is 5.32 Å². The fraction of sp³-hybridized carbons (Fsp3) is 0.500. The minimum absolute atomic E-state index is 0.0939. The van der Waals surface area contributed by atoms with Gasteiger partial charge in [-0.15, -0.1) is 0 Å². The molecule has 1 amide bonds. The predicted molar refractivity (Wildman–Crippen MR) is 50.3 cm³/mol. The number of nitrogens with one attached hydrogen (secondary N) is 1. The molecule has 0 spiro atoms. The van der Waals surface area contributed by atoms with E-state index in [0.717, 1.165) is 29.9 Å². The van der Waals surface area contributed by atoms with Gasteiger partial charge in [-0.25, -0.2) is 0 Å². The molecule has 4 heteroatoms. The van der Waals surface area contributed by atoms with Gasteiger partial charge in [0.05, 0.1) is 13.7 Å². The van der Waals surface area contributed by atoms with Gasteiger partial charge in [0, 0.05) is 17.7 Å². The number of allylic oxidation sites excluding steroid dienone is 2. The Balaban J connectivity index is 2.30. The quantitative estimate of drug-likeness (QED) is 0.670. The van der Waals surface area contributed by atoms with Crippen LogP contribution in [0.25, 0.3) is 0 Å². The molecular weight excluding hydrogens is 182 g/mol. The van der Waals surface area contributed by atoms with Crippen LogP contribution in [0.5, 0.6) is 0 Å². The summed E-state index contributed by atoms with van der Waals surface area (Å²) < 4.78 is 10.5. The topological polar surface area (TPSA) is 47.6 Å². The lowest BCUT2D eigenvalue weighted by Crippen LogP contribution is -2.25. The lowest BCUT2D eigenvalue weighted by molar-refractivity contribution is -0.123. The first-order valence-corrected chi connectivity index (χ1v) is 4.65. The van der Waals surface area contributed by atoms with Crippen molar-refractivity contribution in [1.82, 2.24) is 5.32 Å². The van der Waals surface area contributed by atoms with Crippen molar-refractivity contribution in [2.24, 2.45) is 0 Å². The van der Waals surface area contributed by atoms with Crippen molar-refractivity contribution < 1.29 is 14.3 Å².